The molecule has 0 atom stereocenters. The summed E-state index contributed by atoms with van der Waals surface area (Å²) in [6.45, 7) is 0. The number of non-ortho nitro benzene ring substituents is 1. The fourth-order valence-corrected chi connectivity index (χ4v) is 4.22. The number of thiocyanates is 1. The van der Waals surface area contributed by atoms with Crippen molar-refractivity contribution in [3.63, 3.8) is 0 Å². The summed E-state index contributed by atoms with van der Waals surface area (Å²) in [5, 5.41) is 20.2. The molecule has 0 heterocycles. The molecule has 0 spiro atoms. The Hall–Kier alpha value is -1.24. The minimum absolute atomic E-state index is 0.0640. The van der Waals surface area contributed by atoms with Gasteiger partial charge in [-0.15, -0.1) is 0 Å². The van der Waals surface area contributed by atoms with Crippen LogP contribution in [0.5, 0.6) is 0 Å². The lowest BCUT2D eigenvalue weighted by Gasteiger charge is -1.99. The van der Waals surface area contributed by atoms with Crippen molar-refractivity contribution in [1.82, 2.24) is 0 Å². The van der Waals surface area contributed by atoms with Gasteiger partial charge in [0.25, 0.3) is 5.69 Å². The van der Waals surface area contributed by atoms with Gasteiger partial charge in [-0.25, -0.2) is 8.42 Å². The number of hydrogen-bond acceptors (Lipinski definition) is 7. The molecule has 1 aromatic carbocycles. The number of benzene rings is 1. The molecule has 6 nitrogen and oxygen atoms in total. The van der Waals surface area contributed by atoms with E-state index in [9.17, 15) is 18.5 Å². The van der Waals surface area contributed by atoms with E-state index in [1.807, 2.05) is 0 Å². The molecular formula is C7H4N2O4S3. The van der Waals surface area contributed by atoms with Crippen LogP contribution < -0.4 is 0 Å². The van der Waals surface area contributed by atoms with E-state index in [-0.39, 0.29) is 10.6 Å². The minimum atomic E-state index is -3.63. The number of hydrogen-bond donors (Lipinski definition) is 0. The number of nitro groups is 1. The average Bonchev–Trinajstić information content (AvgIpc) is 2.26. The lowest BCUT2D eigenvalue weighted by atomic mass is 10.3. The van der Waals surface area contributed by atoms with Gasteiger partial charge < -0.3 is 0 Å². The van der Waals surface area contributed by atoms with Crippen molar-refractivity contribution in [2.24, 2.45) is 0 Å². The standard InChI is InChI=1S/C7H4N2O4S3/c8-5-14-15-16(12,13)7-3-1-6(2-4-7)9(10)11/h1-4H. The van der Waals surface area contributed by atoms with Crippen molar-refractivity contribution >= 4 is 35.2 Å². The maximum absolute atomic E-state index is 11.5. The number of rotatable bonds is 4. The van der Waals surface area contributed by atoms with Gasteiger partial charge in [-0.2, -0.15) is 5.26 Å². The molecule has 0 N–H and O–H groups in total. The van der Waals surface area contributed by atoms with Gasteiger partial charge in [0.1, 0.15) is 5.40 Å². The van der Waals surface area contributed by atoms with Crippen LogP contribution in [0.25, 0.3) is 0 Å². The Labute approximate surface area is 98.5 Å². The molecule has 84 valence electrons. The van der Waals surface area contributed by atoms with Crippen LogP contribution in [0.15, 0.2) is 29.2 Å². The van der Waals surface area contributed by atoms with Crippen LogP contribution in [-0.2, 0) is 8.87 Å². The van der Waals surface area contributed by atoms with Crippen molar-refractivity contribution in [1.29, 1.82) is 5.26 Å². The van der Waals surface area contributed by atoms with E-state index in [0.717, 1.165) is 24.3 Å². The summed E-state index contributed by atoms with van der Waals surface area (Å²) in [4.78, 5) is 9.66. The smallest absolute Gasteiger partial charge is 0.258 e. The molecule has 0 aliphatic rings. The van der Waals surface area contributed by atoms with Crippen LogP contribution >= 0.6 is 20.6 Å². The Morgan fingerprint density at radius 1 is 1.31 bits per heavy atom. The summed E-state index contributed by atoms with van der Waals surface area (Å²) < 4.78 is 23.0. The predicted molar refractivity (Wildman–Crippen MR) is 61.1 cm³/mol. The Bertz CT molecular complexity index is 532. The first-order valence-corrected chi connectivity index (χ1v) is 7.86. The second-order valence-electron chi connectivity index (χ2n) is 2.45. The van der Waals surface area contributed by atoms with Crippen molar-refractivity contribution in [3.05, 3.63) is 34.4 Å². The van der Waals surface area contributed by atoms with Gasteiger partial charge in [-0.05, 0) is 12.1 Å². The quantitative estimate of drug-likeness (QED) is 0.359. The van der Waals surface area contributed by atoms with Gasteiger partial charge in [-0.3, -0.25) is 10.1 Å². The Balaban J connectivity index is 2.98. The largest absolute Gasteiger partial charge is 0.269 e. The van der Waals surface area contributed by atoms with Crippen LogP contribution in [0.3, 0.4) is 0 Å². The Morgan fingerprint density at radius 3 is 2.31 bits per heavy atom. The van der Waals surface area contributed by atoms with Crippen molar-refractivity contribution < 1.29 is 13.3 Å². The fraction of sp³-hybridized carbons (Fsp3) is 0. The maximum atomic E-state index is 11.5. The van der Waals surface area contributed by atoms with E-state index in [4.69, 9.17) is 5.26 Å². The SMILES string of the molecule is N#CSSS(=O)(=O)c1ccc([N+](=O)[O-])cc1. The van der Waals surface area contributed by atoms with E-state index in [2.05, 4.69) is 0 Å². The maximum Gasteiger partial charge on any atom is 0.269 e. The van der Waals surface area contributed by atoms with Crippen molar-refractivity contribution in [3.8, 4) is 5.40 Å². The summed E-state index contributed by atoms with van der Waals surface area (Å²) in [7, 11) is -2.71. The molecule has 0 aliphatic carbocycles. The third-order valence-corrected chi connectivity index (χ3v) is 6.44. The third kappa shape index (κ3) is 3.13. The first kappa shape index (κ1) is 12.8. The number of nitriles is 1. The van der Waals surface area contributed by atoms with E-state index < -0.39 is 13.8 Å². The lowest BCUT2D eigenvalue weighted by molar-refractivity contribution is -0.384. The molecule has 0 unspecified atom stereocenters. The van der Waals surface area contributed by atoms with Crippen LogP contribution in [0.1, 0.15) is 0 Å². The molecule has 0 saturated carbocycles. The molecule has 1 rings (SSSR count). The second kappa shape index (κ2) is 5.20. The third-order valence-electron chi connectivity index (χ3n) is 1.50. The van der Waals surface area contributed by atoms with E-state index in [0.29, 0.717) is 20.6 Å². The highest BCUT2D eigenvalue weighted by atomic mass is 33.5. The summed E-state index contributed by atoms with van der Waals surface area (Å²) in [5.41, 5.74) is -0.183. The minimum Gasteiger partial charge on any atom is -0.258 e. The van der Waals surface area contributed by atoms with Crippen LogP contribution in [-0.4, -0.2) is 13.3 Å². The molecule has 0 saturated heterocycles. The predicted octanol–water partition coefficient (Wildman–Crippen LogP) is 2.15. The zero-order chi connectivity index (χ0) is 12.2. The summed E-state index contributed by atoms with van der Waals surface area (Å²) in [6.07, 6.45) is 0. The topological polar surface area (TPSA) is 101 Å². The van der Waals surface area contributed by atoms with Crippen LogP contribution in [0.4, 0.5) is 5.69 Å². The van der Waals surface area contributed by atoms with Crippen LogP contribution in [0, 0.1) is 20.8 Å². The number of nitrogens with zero attached hydrogens (tertiary/aromatic N) is 2. The van der Waals surface area contributed by atoms with E-state index in [1.165, 1.54) is 0 Å². The highest BCUT2D eigenvalue weighted by Gasteiger charge is 2.17. The first-order valence-electron chi connectivity index (χ1n) is 3.71. The van der Waals surface area contributed by atoms with Gasteiger partial charge >= 0.3 is 0 Å². The lowest BCUT2D eigenvalue weighted by Crippen LogP contribution is -1.94. The summed E-state index contributed by atoms with van der Waals surface area (Å²) >= 11 is 0. The van der Waals surface area contributed by atoms with Crippen molar-refractivity contribution in [2.45, 2.75) is 4.90 Å². The molecule has 0 aliphatic heterocycles. The van der Waals surface area contributed by atoms with E-state index >= 15 is 0 Å². The monoisotopic (exact) mass is 276 g/mol. The van der Waals surface area contributed by atoms with Gasteiger partial charge in [0.2, 0.25) is 8.87 Å². The van der Waals surface area contributed by atoms with E-state index in [1.54, 1.807) is 5.40 Å². The Morgan fingerprint density at radius 2 is 1.88 bits per heavy atom. The van der Waals surface area contributed by atoms with Crippen molar-refractivity contribution in [2.75, 3.05) is 0 Å². The van der Waals surface area contributed by atoms with Gasteiger partial charge in [0.15, 0.2) is 0 Å². The first-order chi connectivity index (χ1) is 7.47. The zero-order valence-corrected chi connectivity index (χ0v) is 10.0. The molecular weight excluding hydrogens is 272 g/mol. The molecule has 0 fully saturated rings. The second-order valence-corrected chi connectivity index (χ2v) is 7.76. The molecule has 0 bridgehead atoms. The number of nitro benzene ring substituents is 1. The van der Waals surface area contributed by atoms with Gasteiger partial charge in [-0.1, -0.05) is 0 Å². The van der Waals surface area contributed by atoms with Gasteiger partial charge in [0, 0.05) is 22.9 Å². The normalized spacial score (nSPS) is 10.7. The molecule has 16 heavy (non-hydrogen) atoms. The molecule has 0 aromatic heterocycles. The highest BCUT2D eigenvalue weighted by molar-refractivity contribution is 9.07. The molecule has 0 amide bonds. The molecule has 0 radical (unpaired) electrons. The molecule has 1 aromatic rings. The average molecular weight is 276 g/mol. The fourth-order valence-electron chi connectivity index (χ4n) is 0.834. The van der Waals surface area contributed by atoms with Gasteiger partial charge in [0.05, 0.1) is 19.6 Å². The summed E-state index contributed by atoms with van der Waals surface area (Å²) in [6, 6.07) is 4.48. The van der Waals surface area contributed by atoms with Crippen LogP contribution in [0.2, 0.25) is 0 Å². The molecule has 9 heteroatoms. The Kier molecular flexibility index (Phi) is 4.17. The zero-order valence-electron chi connectivity index (χ0n) is 7.56. The summed E-state index contributed by atoms with van der Waals surface area (Å²) in [5.74, 6) is 0. The highest BCUT2D eigenvalue weighted by Crippen LogP contribution is 2.33.